The Balaban J connectivity index is 2.39. The summed E-state index contributed by atoms with van der Waals surface area (Å²) in [5.74, 6) is 0.111. The van der Waals surface area contributed by atoms with Crippen LogP contribution >= 0.6 is 0 Å². The number of ether oxygens (including phenoxy) is 1. The summed E-state index contributed by atoms with van der Waals surface area (Å²) in [6.45, 7) is 8.82. The van der Waals surface area contributed by atoms with Gasteiger partial charge in [-0.05, 0) is 33.7 Å². The molecule has 0 saturated carbocycles. The largest absolute Gasteiger partial charge is 0.369 e. The lowest BCUT2D eigenvalue weighted by atomic mass is 10.2. The molecule has 1 atom stereocenters. The molecule has 0 aromatic heterocycles. The van der Waals surface area contributed by atoms with Gasteiger partial charge >= 0.3 is 0 Å². The van der Waals surface area contributed by atoms with Crippen LogP contribution in [0.1, 0.15) is 27.2 Å². The van der Waals surface area contributed by atoms with Gasteiger partial charge in [0.05, 0.1) is 6.10 Å². The number of nitrogens with zero attached hydrogens (tertiary/aromatic N) is 1. The molecule has 1 N–H and O–H groups in total. The van der Waals surface area contributed by atoms with Crippen molar-refractivity contribution in [2.24, 2.45) is 0 Å². The Morgan fingerprint density at radius 3 is 2.80 bits per heavy atom. The van der Waals surface area contributed by atoms with Crippen LogP contribution in [0.3, 0.4) is 0 Å². The molecule has 0 radical (unpaired) electrons. The highest BCUT2D eigenvalue weighted by Crippen LogP contribution is 2.08. The summed E-state index contributed by atoms with van der Waals surface area (Å²) in [6.07, 6.45) is 1.18. The highest BCUT2D eigenvalue weighted by atomic mass is 16.5. The first-order chi connectivity index (χ1) is 7.15. The first kappa shape index (κ1) is 12.5. The van der Waals surface area contributed by atoms with Crippen LogP contribution < -0.4 is 5.32 Å². The fraction of sp³-hybridized carbons (Fsp3) is 0.909. The van der Waals surface area contributed by atoms with Gasteiger partial charge in [-0.2, -0.15) is 0 Å². The number of hydrogen-bond donors (Lipinski definition) is 1. The topological polar surface area (TPSA) is 41.6 Å². The maximum Gasteiger partial charge on any atom is 0.248 e. The van der Waals surface area contributed by atoms with Gasteiger partial charge in [0.15, 0.2) is 0 Å². The molecule has 1 saturated heterocycles. The molecule has 15 heavy (non-hydrogen) atoms. The van der Waals surface area contributed by atoms with E-state index in [1.807, 2.05) is 25.7 Å². The number of rotatable bonds is 5. The minimum Gasteiger partial charge on any atom is -0.369 e. The van der Waals surface area contributed by atoms with Gasteiger partial charge in [-0.3, -0.25) is 4.79 Å². The zero-order valence-corrected chi connectivity index (χ0v) is 9.95. The summed E-state index contributed by atoms with van der Waals surface area (Å²) in [5, 5.41) is 3.27. The lowest BCUT2D eigenvalue weighted by Gasteiger charge is -2.27. The van der Waals surface area contributed by atoms with Crippen molar-refractivity contribution in [2.45, 2.75) is 39.3 Å². The Labute approximate surface area is 92.0 Å². The van der Waals surface area contributed by atoms with E-state index in [1.54, 1.807) is 0 Å². The van der Waals surface area contributed by atoms with Crippen molar-refractivity contribution in [3.8, 4) is 0 Å². The summed E-state index contributed by atoms with van der Waals surface area (Å²) in [4.78, 5) is 13.8. The lowest BCUT2D eigenvalue weighted by Crippen LogP contribution is -2.43. The highest BCUT2D eigenvalue weighted by Gasteiger charge is 2.24. The number of amides is 1. The SMILES string of the molecule is CCN(C(=O)COC(C)C)C1CCNC1. The first-order valence-electron chi connectivity index (χ1n) is 5.77. The molecule has 1 aliphatic heterocycles. The molecule has 4 nitrogen and oxygen atoms in total. The molecule has 1 unspecified atom stereocenters. The van der Waals surface area contributed by atoms with Crippen LogP contribution in [-0.4, -0.2) is 49.2 Å². The average Bonchev–Trinajstić information content (AvgIpc) is 2.69. The smallest absolute Gasteiger partial charge is 0.248 e. The average molecular weight is 214 g/mol. The third kappa shape index (κ3) is 3.80. The van der Waals surface area contributed by atoms with E-state index in [-0.39, 0.29) is 18.6 Å². The van der Waals surface area contributed by atoms with Gasteiger partial charge in [0.1, 0.15) is 6.61 Å². The van der Waals surface area contributed by atoms with Crippen LogP contribution in [0.2, 0.25) is 0 Å². The number of hydrogen-bond acceptors (Lipinski definition) is 3. The maximum absolute atomic E-state index is 11.8. The molecule has 1 heterocycles. The molecule has 4 heteroatoms. The van der Waals surface area contributed by atoms with Gasteiger partial charge in [0.25, 0.3) is 0 Å². The lowest BCUT2D eigenvalue weighted by molar-refractivity contribution is -0.139. The van der Waals surface area contributed by atoms with E-state index < -0.39 is 0 Å². The van der Waals surface area contributed by atoms with Crippen LogP contribution in [0, 0.1) is 0 Å². The third-order valence-corrected chi connectivity index (χ3v) is 2.68. The van der Waals surface area contributed by atoms with Crippen molar-refractivity contribution in [1.29, 1.82) is 0 Å². The van der Waals surface area contributed by atoms with E-state index >= 15 is 0 Å². The molecule has 1 rings (SSSR count). The fourth-order valence-electron chi connectivity index (χ4n) is 1.86. The number of nitrogens with one attached hydrogen (secondary N) is 1. The van der Waals surface area contributed by atoms with Gasteiger partial charge in [0, 0.05) is 19.1 Å². The van der Waals surface area contributed by atoms with Crippen molar-refractivity contribution < 1.29 is 9.53 Å². The van der Waals surface area contributed by atoms with E-state index in [0.717, 1.165) is 26.1 Å². The predicted octanol–water partition coefficient (Wildman–Crippen LogP) is 0.622. The fourth-order valence-corrected chi connectivity index (χ4v) is 1.86. The monoisotopic (exact) mass is 214 g/mol. The van der Waals surface area contributed by atoms with Crippen LogP contribution in [0.25, 0.3) is 0 Å². The van der Waals surface area contributed by atoms with Crippen molar-refractivity contribution in [1.82, 2.24) is 10.2 Å². The van der Waals surface area contributed by atoms with Crippen molar-refractivity contribution in [3.63, 3.8) is 0 Å². The first-order valence-corrected chi connectivity index (χ1v) is 5.77. The second kappa shape index (κ2) is 6.08. The normalized spacial score (nSPS) is 20.9. The van der Waals surface area contributed by atoms with Gasteiger partial charge in [-0.1, -0.05) is 0 Å². The van der Waals surface area contributed by atoms with Crippen LogP contribution in [-0.2, 0) is 9.53 Å². The summed E-state index contributed by atoms with van der Waals surface area (Å²) in [5.41, 5.74) is 0. The molecule has 1 amide bonds. The number of likely N-dealkylation sites (N-methyl/N-ethyl adjacent to an activating group) is 1. The molecule has 0 aromatic rings. The Morgan fingerprint density at radius 2 is 2.33 bits per heavy atom. The maximum atomic E-state index is 11.8. The Morgan fingerprint density at radius 1 is 1.60 bits per heavy atom. The van der Waals surface area contributed by atoms with Gasteiger partial charge < -0.3 is 15.0 Å². The molecule has 88 valence electrons. The zero-order valence-electron chi connectivity index (χ0n) is 9.95. The summed E-state index contributed by atoms with van der Waals surface area (Å²) < 4.78 is 5.33. The van der Waals surface area contributed by atoms with Crippen molar-refractivity contribution >= 4 is 5.91 Å². The minimum absolute atomic E-state index is 0.111. The third-order valence-electron chi connectivity index (χ3n) is 2.68. The van der Waals surface area contributed by atoms with Gasteiger partial charge in [0.2, 0.25) is 5.91 Å². The second-order valence-electron chi connectivity index (χ2n) is 4.19. The summed E-state index contributed by atoms with van der Waals surface area (Å²) in [7, 11) is 0. The highest BCUT2D eigenvalue weighted by molar-refractivity contribution is 5.77. The Bertz CT molecular complexity index is 201. The quantitative estimate of drug-likeness (QED) is 0.729. The standard InChI is InChI=1S/C11H22N2O2/c1-4-13(10-5-6-12-7-10)11(14)8-15-9(2)3/h9-10,12H,4-8H2,1-3H3. The molecular weight excluding hydrogens is 192 g/mol. The van der Waals surface area contributed by atoms with E-state index in [2.05, 4.69) is 5.32 Å². The number of carbonyl (C=O) groups excluding carboxylic acids is 1. The minimum atomic E-state index is 0.111. The van der Waals surface area contributed by atoms with Crippen LogP contribution in [0.5, 0.6) is 0 Å². The van der Waals surface area contributed by atoms with Gasteiger partial charge in [-0.15, -0.1) is 0 Å². The molecule has 0 bridgehead atoms. The Kier molecular flexibility index (Phi) is 5.05. The molecule has 1 aliphatic rings. The van der Waals surface area contributed by atoms with Gasteiger partial charge in [-0.25, -0.2) is 0 Å². The number of carbonyl (C=O) groups is 1. The molecular formula is C11H22N2O2. The molecule has 0 aliphatic carbocycles. The zero-order chi connectivity index (χ0) is 11.3. The summed E-state index contributed by atoms with van der Waals surface area (Å²) >= 11 is 0. The second-order valence-corrected chi connectivity index (χ2v) is 4.19. The van der Waals surface area contributed by atoms with Crippen LogP contribution in [0.15, 0.2) is 0 Å². The van der Waals surface area contributed by atoms with Crippen molar-refractivity contribution in [3.05, 3.63) is 0 Å². The molecule has 0 spiro atoms. The van der Waals surface area contributed by atoms with Crippen LogP contribution in [0.4, 0.5) is 0 Å². The predicted molar refractivity (Wildman–Crippen MR) is 59.7 cm³/mol. The van der Waals surface area contributed by atoms with E-state index in [1.165, 1.54) is 0 Å². The molecule has 1 fully saturated rings. The van der Waals surface area contributed by atoms with Crippen molar-refractivity contribution in [2.75, 3.05) is 26.2 Å². The summed E-state index contributed by atoms with van der Waals surface area (Å²) in [6, 6.07) is 0.360. The Hall–Kier alpha value is -0.610. The molecule has 0 aromatic carbocycles. The van der Waals surface area contributed by atoms with E-state index in [4.69, 9.17) is 4.74 Å². The van der Waals surface area contributed by atoms with E-state index in [0.29, 0.717) is 6.04 Å². The van der Waals surface area contributed by atoms with E-state index in [9.17, 15) is 4.79 Å².